The van der Waals surface area contributed by atoms with Gasteiger partial charge in [0.05, 0.1) is 18.8 Å². The molecule has 2 aliphatic rings. The van der Waals surface area contributed by atoms with Crippen LogP contribution < -0.4 is 0 Å². The fraction of sp³-hybridized carbons (Fsp3) is 0.731. The smallest absolute Gasteiger partial charge is 0.302 e. The van der Waals surface area contributed by atoms with Crippen LogP contribution in [0, 0.1) is 11.3 Å². The van der Waals surface area contributed by atoms with E-state index in [1.165, 1.54) is 18.1 Å². The van der Waals surface area contributed by atoms with Crippen molar-refractivity contribution in [1.29, 1.82) is 0 Å². The molecule has 1 aromatic rings. The number of carbonyl (C=O) groups excluding carboxylic acids is 1. The van der Waals surface area contributed by atoms with E-state index in [1.807, 2.05) is 0 Å². The van der Waals surface area contributed by atoms with Gasteiger partial charge in [0.2, 0.25) is 0 Å². The molecule has 5 heteroatoms. The first kappa shape index (κ1) is 24.5. The molecule has 0 spiro atoms. The van der Waals surface area contributed by atoms with Crippen molar-refractivity contribution in [3.63, 3.8) is 0 Å². The molecule has 0 aromatic heterocycles. The van der Waals surface area contributed by atoms with E-state index in [-0.39, 0.29) is 22.3 Å². The van der Waals surface area contributed by atoms with E-state index in [4.69, 9.17) is 9.16 Å². The summed E-state index contributed by atoms with van der Waals surface area (Å²) >= 11 is 0. The Hall–Kier alpha value is -1.17. The Bertz CT molecular complexity index is 799. The van der Waals surface area contributed by atoms with Crippen LogP contribution in [0.4, 0.5) is 0 Å². The van der Waals surface area contributed by atoms with E-state index >= 15 is 0 Å². The quantitative estimate of drug-likeness (QED) is 0.418. The van der Waals surface area contributed by atoms with Crippen LogP contribution in [0.2, 0.25) is 18.1 Å². The van der Waals surface area contributed by atoms with Gasteiger partial charge in [-0.2, -0.15) is 0 Å². The van der Waals surface area contributed by atoms with Gasteiger partial charge in [0.15, 0.2) is 8.32 Å². The molecule has 1 N–H and O–H groups in total. The summed E-state index contributed by atoms with van der Waals surface area (Å²) in [6.45, 7) is 16.1. The SMILES string of the molecule is CC(=O)OC[C@H]1CC[C@]2(O)C[C@@H](c3cccc(CO[Si](C)(C)C(C)(C)C)c3)CC[C@]12C. The maximum atomic E-state index is 11.6. The maximum Gasteiger partial charge on any atom is 0.302 e. The molecule has 1 aromatic carbocycles. The van der Waals surface area contributed by atoms with Gasteiger partial charge >= 0.3 is 5.97 Å². The highest BCUT2D eigenvalue weighted by Crippen LogP contribution is 2.60. The average Bonchev–Trinajstić information content (AvgIpc) is 2.94. The van der Waals surface area contributed by atoms with Gasteiger partial charge in [0, 0.05) is 18.3 Å². The van der Waals surface area contributed by atoms with Crippen molar-refractivity contribution in [3.05, 3.63) is 35.4 Å². The third kappa shape index (κ3) is 4.94. The highest BCUT2D eigenvalue weighted by Gasteiger charge is 2.59. The van der Waals surface area contributed by atoms with E-state index in [2.05, 4.69) is 65.1 Å². The molecule has 2 aliphatic carbocycles. The molecule has 31 heavy (non-hydrogen) atoms. The van der Waals surface area contributed by atoms with Gasteiger partial charge in [-0.1, -0.05) is 52.0 Å². The van der Waals surface area contributed by atoms with Crippen molar-refractivity contribution >= 4 is 14.3 Å². The van der Waals surface area contributed by atoms with E-state index in [1.54, 1.807) is 0 Å². The topological polar surface area (TPSA) is 55.8 Å². The molecule has 3 rings (SSSR count). The second-order valence-corrected chi connectivity index (χ2v) is 16.5. The molecule has 174 valence electrons. The van der Waals surface area contributed by atoms with Crippen LogP contribution in [-0.4, -0.2) is 31.6 Å². The third-order valence-electron chi connectivity index (χ3n) is 8.78. The second-order valence-electron chi connectivity index (χ2n) is 11.7. The van der Waals surface area contributed by atoms with Crippen LogP contribution in [0.15, 0.2) is 24.3 Å². The normalized spacial score (nSPS) is 31.4. The minimum absolute atomic E-state index is 0.179. The first-order chi connectivity index (χ1) is 14.3. The number of fused-ring (bicyclic) bond motifs is 1. The zero-order valence-corrected chi connectivity index (χ0v) is 21.6. The fourth-order valence-electron chi connectivity index (χ4n) is 5.34. The van der Waals surface area contributed by atoms with Gasteiger partial charge in [-0.15, -0.1) is 0 Å². The molecule has 4 nitrogen and oxygen atoms in total. The Labute approximate surface area is 189 Å². The van der Waals surface area contributed by atoms with Gasteiger partial charge in [0.25, 0.3) is 0 Å². The first-order valence-corrected chi connectivity index (χ1v) is 14.8. The van der Waals surface area contributed by atoms with Crippen molar-refractivity contribution in [3.8, 4) is 0 Å². The third-order valence-corrected chi connectivity index (χ3v) is 13.3. The van der Waals surface area contributed by atoms with Crippen LogP contribution >= 0.6 is 0 Å². The Kier molecular flexibility index (Phi) is 6.82. The molecule has 2 fully saturated rings. The molecule has 0 aliphatic heterocycles. The Morgan fingerprint density at radius 1 is 1.23 bits per heavy atom. The molecule has 2 saturated carbocycles. The standard InChI is InChI=1S/C26H42O4Si/c1-19(27)29-18-23-12-14-26(28)16-22(11-13-25(23,26)5)21-10-8-9-20(15-21)17-30-31(6,7)24(2,3)4/h8-10,15,22-23,28H,11-14,16-18H2,1-7H3/t22-,23+,25+,26-/m0/s1. The summed E-state index contributed by atoms with van der Waals surface area (Å²) in [6.07, 6.45) is 4.52. The summed E-state index contributed by atoms with van der Waals surface area (Å²) < 4.78 is 11.8. The van der Waals surface area contributed by atoms with Gasteiger partial charge in [-0.05, 0) is 67.3 Å². The predicted molar refractivity (Wildman–Crippen MR) is 127 cm³/mol. The van der Waals surface area contributed by atoms with E-state index in [0.717, 1.165) is 32.1 Å². The molecule has 0 saturated heterocycles. The number of hydrogen-bond donors (Lipinski definition) is 1. The van der Waals surface area contributed by atoms with Crippen LogP contribution in [0.5, 0.6) is 0 Å². The predicted octanol–water partition coefficient (Wildman–Crippen LogP) is 6.19. The Balaban J connectivity index is 1.69. The molecule has 0 bridgehead atoms. The molecular formula is C26H42O4Si. The Morgan fingerprint density at radius 3 is 2.58 bits per heavy atom. The van der Waals surface area contributed by atoms with E-state index < -0.39 is 13.9 Å². The number of benzene rings is 1. The minimum atomic E-state index is -1.78. The maximum absolute atomic E-state index is 11.6. The summed E-state index contributed by atoms with van der Waals surface area (Å²) in [5.41, 5.74) is 1.67. The fourth-order valence-corrected chi connectivity index (χ4v) is 6.30. The molecule has 4 atom stereocenters. The largest absolute Gasteiger partial charge is 0.466 e. The lowest BCUT2D eigenvalue weighted by molar-refractivity contribution is -0.148. The van der Waals surface area contributed by atoms with Gasteiger partial charge in [0.1, 0.15) is 0 Å². The summed E-state index contributed by atoms with van der Waals surface area (Å²) in [5, 5.41) is 11.8. The molecule has 0 heterocycles. The highest BCUT2D eigenvalue weighted by molar-refractivity contribution is 6.74. The number of ether oxygens (including phenoxy) is 1. The lowest BCUT2D eigenvalue weighted by atomic mass is 9.59. The number of aliphatic hydroxyl groups is 1. The van der Waals surface area contributed by atoms with Crippen LogP contribution in [-0.2, 0) is 20.6 Å². The average molecular weight is 447 g/mol. The van der Waals surface area contributed by atoms with Gasteiger partial charge in [-0.25, -0.2) is 0 Å². The van der Waals surface area contributed by atoms with Crippen LogP contribution in [0.3, 0.4) is 0 Å². The lowest BCUT2D eigenvalue weighted by Crippen LogP contribution is -2.50. The zero-order valence-electron chi connectivity index (χ0n) is 20.6. The number of carbonyl (C=O) groups is 1. The molecular weight excluding hydrogens is 404 g/mol. The molecule has 0 amide bonds. The van der Waals surface area contributed by atoms with Gasteiger partial charge < -0.3 is 14.3 Å². The van der Waals surface area contributed by atoms with Crippen LogP contribution in [0.25, 0.3) is 0 Å². The summed E-state index contributed by atoms with van der Waals surface area (Å²) in [4.78, 5) is 11.3. The molecule has 0 unspecified atom stereocenters. The summed E-state index contributed by atoms with van der Waals surface area (Å²) in [6, 6.07) is 8.78. The number of hydrogen-bond acceptors (Lipinski definition) is 4. The Morgan fingerprint density at radius 2 is 1.94 bits per heavy atom. The van der Waals surface area contributed by atoms with Crippen LogP contribution in [0.1, 0.15) is 83.8 Å². The minimum Gasteiger partial charge on any atom is -0.466 e. The lowest BCUT2D eigenvalue weighted by Gasteiger charge is -2.49. The van der Waals surface area contributed by atoms with E-state index in [9.17, 15) is 9.90 Å². The first-order valence-electron chi connectivity index (χ1n) is 11.9. The highest BCUT2D eigenvalue weighted by atomic mass is 28.4. The zero-order chi connectivity index (χ0) is 23.1. The monoisotopic (exact) mass is 446 g/mol. The van der Waals surface area contributed by atoms with Crippen molar-refractivity contribution in [1.82, 2.24) is 0 Å². The van der Waals surface area contributed by atoms with E-state index in [0.29, 0.717) is 19.1 Å². The second kappa shape index (κ2) is 8.64. The number of rotatable bonds is 6. The molecule has 0 radical (unpaired) electrons. The van der Waals surface area contributed by atoms with Crippen molar-refractivity contribution < 1.29 is 19.1 Å². The van der Waals surface area contributed by atoms with Gasteiger partial charge in [-0.3, -0.25) is 4.79 Å². The van der Waals surface area contributed by atoms with Crippen molar-refractivity contribution in [2.75, 3.05) is 6.61 Å². The van der Waals surface area contributed by atoms with Crippen molar-refractivity contribution in [2.45, 2.75) is 103 Å². The summed E-state index contributed by atoms with van der Waals surface area (Å²) in [7, 11) is -1.78. The summed E-state index contributed by atoms with van der Waals surface area (Å²) in [5.74, 6) is 0.370. The number of esters is 1. The van der Waals surface area contributed by atoms with Crippen molar-refractivity contribution in [2.24, 2.45) is 11.3 Å².